The molecular weight excluding hydrogens is 398 g/mol. The second-order valence-electron chi connectivity index (χ2n) is 7.17. The number of aliphatic imine (C=N–C) groups is 1. The van der Waals surface area contributed by atoms with Crippen LogP contribution >= 0.6 is 22.7 Å². The van der Waals surface area contributed by atoms with Crippen molar-refractivity contribution >= 4 is 28.4 Å². The number of hydrogen-bond donors (Lipinski definition) is 1. The fourth-order valence-electron chi connectivity index (χ4n) is 3.72. The van der Waals surface area contributed by atoms with Crippen molar-refractivity contribution in [3.05, 3.63) is 74.5 Å². The maximum absolute atomic E-state index is 5.76. The Balaban J connectivity index is 1.60. The van der Waals surface area contributed by atoms with Gasteiger partial charge in [-0.25, -0.2) is 0 Å². The van der Waals surface area contributed by atoms with Gasteiger partial charge in [0.2, 0.25) is 0 Å². The molecule has 3 aromatic heterocycles. The van der Waals surface area contributed by atoms with Crippen LogP contribution in [0.3, 0.4) is 0 Å². The Morgan fingerprint density at radius 3 is 2.45 bits per heavy atom. The van der Waals surface area contributed by atoms with Crippen LogP contribution in [-0.4, -0.2) is 20.5 Å². The molecule has 0 atom stereocenters. The lowest BCUT2D eigenvalue weighted by Crippen LogP contribution is -2.07. The molecule has 0 radical (unpaired) electrons. The summed E-state index contributed by atoms with van der Waals surface area (Å²) in [5, 5.41) is 9.79. The monoisotopic (exact) mass is 419 g/mol. The Labute approximate surface area is 177 Å². The molecule has 0 unspecified atom stereocenters. The van der Waals surface area contributed by atoms with Crippen LogP contribution in [0.4, 0.5) is 0 Å². The zero-order valence-electron chi connectivity index (χ0n) is 16.6. The van der Waals surface area contributed by atoms with Gasteiger partial charge in [-0.3, -0.25) is 9.56 Å². The smallest absolute Gasteiger partial charge is 0.160 e. The minimum atomic E-state index is 0.530. The molecule has 4 aromatic rings. The molecule has 29 heavy (non-hydrogen) atoms. The average molecular weight is 420 g/mol. The Kier molecular flexibility index (Phi) is 4.46. The first kappa shape index (κ1) is 18.4. The van der Waals surface area contributed by atoms with E-state index < -0.39 is 0 Å². The molecule has 146 valence electrons. The minimum absolute atomic E-state index is 0.530. The predicted molar refractivity (Wildman–Crippen MR) is 120 cm³/mol. The molecular formula is C22H21N5S2. The zero-order valence-corrected chi connectivity index (χ0v) is 18.2. The highest BCUT2D eigenvalue weighted by molar-refractivity contribution is 7.15. The van der Waals surface area contributed by atoms with E-state index in [1.54, 1.807) is 22.7 Å². The highest BCUT2D eigenvalue weighted by Crippen LogP contribution is 2.36. The van der Waals surface area contributed by atoms with Gasteiger partial charge in [0, 0.05) is 32.3 Å². The summed E-state index contributed by atoms with van der Waals surface area (Å²) >= 11 is 3.53. The Bertz CT molecular complexity index is 1240. The Morgan fingerprint density at radius 1 is 0.966 bits per heavy atom. The Morgan fingerprint density at radius 2 is 1.72 bits per heavy atom. The van der Waals surface area contributed by atoms with Crippen molar-refractivity contribution in [2.75, 3.05) is 0 Å². The van der Waals surface area contributed by atoms with Crippen molar-refractivity contribution in [2.24, 2.45) is 10.7 Å². The number of rotatable bonds is 3. The maximum atomic E-state index is 5.76. The van der Waals surface area contributed by atoms with Gasteiger partial charge in [-0.1, -0.05) is 24.3 Å². The molecule has 0 saturated carbocycles. The van der Waals surface area contributed by atoms with E-state index in [1.807, 2.05) is 6.92 Å². The van der Waals surface area contributed by atoms with Crippen LogP contribution in [0.5, 0.6) is 0 Å². The summed E-state index contributed by atoms with van der Waals surface area (Å²) in [7, 11) is 0. The molecule has 0 aliphatic carbocycles. The average Bonchev–Trinajstić information content (AvgIpc) is 3.39. The molecule has 1 aliphatic heterocycles. The van der Waals surface area contributed by atoms with Gasteiger partial charge in [0.1, 0.15) is 17.4 Å². The third-order valence-corrected chi connectivity index (χ3v) is 7.73. The van der Waals surface area contributed by atoms with E-state index in [0.717, 1.165) is 22.9 Å². The standard InChI is InChI=1S/C22H21N5S2/c1-12-13(2)28-22-20(12)21(24-11-19-26-25-14(3)27(19)22)16-6-4-15(5-7-16)18-9-8-17(10-23)29-18/h4-9H,10-11,23H2,1-3H3. The van der Waals surface area contributed by atoms with Crippen molar-refractivity contribution in [3.8, 4) is 15.4 Å². The van der Waals surface area contributed by atoms with E-state index in [4.69, 9.17) is 10.7 Å². The van der Waals surface area contributed by atoms with Crippen molar-refractivity contribution in [1.29, 1.82) is 0 Å². The lowest BCUT2D eigenvalue weighted by Gasteiger charge is -2.10. The number of benzene rings is 1. The summed E-state index contributed by atoms with van der Waals surface area (Å²) < 4.78 is 2.16. The molecule has 0 spiro atoms. The van der Waals surface area contributed by atoms with Crippen LogP contribution in [0, 0.1) is 20.8 Å². The van der Waals surface area contributed by atoms with E-state index in [2.05, 4.69) is 65.0 Å². The molecule has 0 amide bonds. The number of hydrogen-bond acceptors (Lipinski definition) is 6. The zero-order chi connectivity index (χ0) is 20.1. The van der Waals surface area contributed by atoms with Crippen LogP contribution in [0.2, 0.25) is 0 Å². The molecule has 1 aliphatic rings. The second kappa shape index (κ2) is 7.02. The molecule has 0 bridgehead atoms. The third kappa shape index (κ3) is 2.97. The first-order chi connectivity index (χ1) is 14.1. The molecule has 4 heterocycles. The van der Waals surface area contributed by atoms with E-state index >= 15 is 0 Å². The molecule has 5 nitrogen and oxygen atoms in total. The van der Waals surface area contributed by atoms with E-state index in [-0.39, 0.29) is 0 Å². The van der Waals surface area contributed by atoms with Gasteiger partial charge >= 0.3 is 0 Å². The van der Waals surface area contributed by atoms with Crippen LogP contribution < -0.4 is 5.73 Å². The van der Waals surface area contributed by atoms with Crippen LogP contribution in [-0.2, 0) is 13.1 Å². The summed E-state index contributed by atoms with van der Waals surface area (Å²) in [6.45, 7) is 7.46. The number of nitrogens with two attached hydrogens (primary N) is 1. The number of fused-ring (bicyclic) bond motifs is 3. The quantitative estimate of drug-likeness (QED) is 0.519. The first-order valence-electron chi connectivity index (χ1n) is 9.52. The van der Waals surface area contributed by atoms with E-state index in [0.29, 0.717) is 13.1 Å². The Hall–Kier alpha value is -2.61. The minimum Gasteiger partial charge on any atom is -0.326 e. The van der Waals surface area contributed by atoms with Gasteiger partial charge in [0.15, 0.2) is 5.82 Å². The van der Waals surface area contributed by atoms with Gasteiger partial charge in [-0.2, -0.15) is 0 Å². The SMILES string of the molecule is Cc1sc2c(c1C)C(c1ccc(-c3ccc(CN)s3)cc1)=NCc1nnc(C)n1-2. The maximum Gasteiger partial charge on any atom is 0.160 e. The summed E-state index contributed by atoms with van der Waals surface area (Å²) in [5.74, 6) is 1.80. The largest absolute Gasteiger partial charge is 0.326 e. The molecule has 0 saturated heterocycles. The third-order valence-electron chi connectivity index (χ3n) is 5.38. The molecule has 7 heteroatoms. The first-order valence-corrected chi connectivity index (χ1v) is 11.2. The summed E-state index contributed by atoms with van der Waals surface area (Å²) in [4.78, 5) is 8.71. The van der Waals surface area contributed by atoms with Crippen LogP contribution in [0.1, 0.15) is 38.1 Å². The fourth-order valence-corrected chi connectivity index (χ4v) is 5.84. The van der Waals surface area contributed by atoms with Gasteiger partial charge in [0.25, 0.3) is 0 Å². The number of nitrogens with zero attached hydrogens (tertiary/aromatic N) is 4. The van der Waals surface area contributed by atoms with Crippen molar-refractivity contribution in [3.63, 3.8) is 0 Å². The summed E-state index contributed by atoms with van der Waals surface area (Å²) in [5.41, 5.74) is 11.6. The van der Waals surface area contributed by atoms with Gasteiger partial charge < -0.3 is 5.73 Å². The van der Waals surface area contributed by atoms with Crippen LogP contribution in [0.15, 0.2) is 41.4 Å². The molecule has 0 fully saturated rings. The number of aryl methyl sites for hydroxylation is 2. The van der Waals surface area contributed by atoms with Gasteiger partial charge in [-0.15, -0.1) is 32.9 Å². The lowest BCUT2D eigenvalue weighted by atomic mass is 9.98. The van der Waals surface area contributed by atoms with Crippen LogP contribution in [0.25, 0.3) is 15.4 Å². The molecule has 5 rings (SSSR count). The summed E-state index contributed by atoms with van der Waals surface area (Å²) in [6, 6.07) is 12.9. The van der Waals surface area contributed by atoms with E-state index in [1.165, 1.54) is 36.3 Å². The van der Waals surface area contributed by atoms with Crippen molar-refractivity contribution in [2.45, 2.75) is 33.9 Å². The molecule has 1 aromatic carbocycles. The summed E-state index contributed by atoms with van der Waals surface area (Å²) in [6.07, 6.45) is 0. The molecule has 2 N–H and O–H groups in total. The topological polar surface area (TPSA) is 69.1 Å². The van der Waals surface area contributed by atoms with Crippen molar-refractivity contribution in [1.82, 2.24) is 14.8 Å². The number of thiophene rings is 2. The van der Waals surface area contributed by atoms with Gasteiger partial charge in [-0.05, 0) is 44.0 Å². The van der Waals surface area contributed by atoms with Gasteiger partial charge in [0.05, 0.1) is 5.71 Å². The highest BCUT2D eigenvalue weighted by Gasteiger charge is 2.26. The normalized spacial score (nSPS) is 13.0. The predicted octanol–water partition coefficient (Wildman–Crippen LogP) is 4.79. The second-order valence-corrected chi connectivity index (χ2v) is 9.55. The van der Waals surface area contributed by atoms with E-state index in [9.17, 15) is 0 Å². The van der Waals surface area contributed by atoms with Crippen molar-refractivity contribution < 1.29 is 0 Å². The fraction of sp³-hybridized carbons (Fsp3) is 0.227. The highest BCUT2D eigenvalue weighted by atomic mass is 32.1. The number of aromatic nitrogens is 3. The lowest BCUT2D eigenvalue weighted by molar-refractivity contribution is 0.869.